The normalized spacial score (nSPS) is 42.0. The second-order valence-corrected chi connectivity index (χ2v) is 10.8. The minimum Gasteiger partial charge on any atom is -0.393 e. The van der Waals surface area contributed by atoms with Crippen molar-refractivity contribution < 1.29 is 29.2 Å². The van der Waals surface area contributed by atoms with Gasteiger partial charge in [-0.2, -0.15) is 0 Å². The molecule has 4 fully saturated rings. The lowest BCUT2D eigenvalue weighted by Gasteiger charge is -2.41. The molecule has 1 aliphatic heterocycles. The summed E-state index contributed by atoms with van der Waals surface area (Å²) in [5.41, 5.74) is 0. The lowest BCUT2D eigenvalue weighted by Crippen LogP contribution is -2.53. The molecule has 1 heterocycles. The molecule has 4 aliphatic rings. The fourth-order valence-electron chi connectivity index (χ4n) is 6.90. The Morgan fingerprint density at radius 2 is 1.47 bits per heavy atom. The Hall–Kier alpha value is -0.730. The second kappa shape index (κ2) is 10.7. The number of hydrogen-bond acceptors (Lipinski definition) is 6. The van der Waals surface area contributed by atoms with Crippen molar-refractivity contribution in [1.82, 2.24) is 4.90 Å². The summed E-state index contributed by atoms with van der Waals surface area (Å²) in [6, 6.07) is 0. The topological polar surface area (TPSA) is 88.5 Å². The van der Waals surface area contributed by atoms with Crippen molar-refractivity contribution in [2.45, 2.75) is 101 Å². The van der Waals surface area contributed by atoms with Crippen LogP contribution < -0.4 is 0 Å². The predicted octanol–water partition coefficient (Wildman–Crippen LogP) is 2.37. The second-order valence-electron chi connectivity index (χ2n) is 10.8. The van der Waals surface area contributed by atoms with Crippen LogP contribution in [0.1, 0.15) is 64.7 Å². The van der Waals surface area contributed by atoms with Gasteiger partial charge in [0.1, 0.15) is 0 Å². The van der Waals surface area contributed by atoms with Gasteiger partial charge in [-0.15, -0.1) is 0 Å². The van der Waals surface area contributed by atoms with E-state index in [0.29, 0.717) is 37.3 Å². The van der Waals surface area contributed by atoms with Gasteiger partial charge in [0.25, 0.3) is 0 Å². The highest BCUT2D eigenvalue weighted by molar-refractivity contribution is 5.80. The van der Waals surface area contributed by atoms with Gasteiger partial charge in [0.2, 0.25) is 5.91 Å². The molecule has 184 valence electrons. The number of aliphatic hydroxyl groups excluding tert-OH is 2. The molecule has 0 aromatic heterocycles. The molecule has 0 radical (unpaired) electrons. The number of likely N-dealkylation sites (tertiary alicyclic amines) is 1. The highest BCUT2D eigenvalue weighted by Gasteiger charge is 2.49. The van der Waals surface area contributed by atoms with Gasteiger partial charge < -0.3 is 29.3 Å². The van der Waals surface area contributed by atoms with Crippen molar-refractivity contribution in [1.29, 1.82) is 0 Å². The summed E-state index contributed by atoms with van der Waals surface area (Å²) in [6.45, 7) is 3.51. The van der Waals surface area contributed by atoms with Crippen molar-refractivity contribution in [2.24, 2.45) is 23.7 Å². The van der Waals surface area contributed by atoms with Gasteiger partial charge in [0.15, 0.2) is 0 Å². The number of fused-ring (bicyclic) bond motifs is 1. The molecule has 9 atom stereocenters. The largest absolute Gasteiger partial charge is 0.393 e. The number of hydrogen-bond donors (Lipinski definition) is 2. The molecule has 32 heavy (non-hydrogen) atoms. The SMILES string of the molecule is COC1CC2CN(C(=O)C3C(O)CC(O)CC3OC(C)C3CCCCC3)CC2CC1OC. The van der Waals surface area contributed by atoms with E-state index in [1.165, 1.54) is 19.3 Å². The maximum absolute atomic E-state index is 13.7. The molecule has 1 amide bonds. The number of carbonyl (C=O) groups excluding carboxylic acids is 1. The Labute approximate surface area is 192 Å². The Bertz CT molecular complexity index is 606. The van der Waals surface area contributed by atoms with Gasteiger partial charge in [-0.3, -0.25) is 4.79 Å². The number of carbonyl (C=O) groups is 1. The van der Waals surface area contributed by atoms with Gasteiger partial charge in [-0.1, -0.05) is 19.3 Å². The molecule has 7 nitrogen and oxygen atoms in total. The van der Waals surface area contributed by atoms with E-state index in [4.69, 9.17) is 14.2 Å². The van der Waals surface area contributed by atoms with Gasteiger partial charge in [-0.05, 0) is 50.4 Å². The highest BCUT2D eigenvalue weighted by atomic mass is 16.5. The number of aliphatic hydroxyl groups is 2. The highest BCUT2D eigenvalue weighted by Crippen LogP contribution is 2.40. The van der Waals surface area contributed by atoms with Gasteiger partial charge in [0, 0.05) is 40.2 Å². The first-order chi connectivity index (χ1) is 15.4. The van der Waals surface area contributed by atoms with Gasteiger partial charge >= 0.3 is 0 Å². The Morgan fingerprint density at radius 3 is 2.03 bits per heavy atom. The van der Waals surface area contributed by atoms with Crippen molar-refractivity contribution in [3.8, 4) is 0 Å². The van der Waals surface area contributed by atoms with Crippen LogP contribution in [-0.4, -0.2) is 85.0 Å². The number of rotatable bonds is 6. The molecule has 3 saturated carbocycles. The van der Waals surface area contributed by atoms with Crippen LogP contribution in [0.3, 0.4) is 0 Å². The lowest BCUT2D eigenvalue weighted by atomic mass is 9.78. The van der Waals surface area contributed by atoms with E-state index in [0.717, 1.165) is 25.7 Å². The van der Waals surface area contributed by atoms with Crippen LogP contribution in [0.25, 0.3) is 0 Å². The average Bonchev–Trinajstić information content (AvgIpc) is 3.21. The third kappa shape index (κ3) is 5.17. The van der Waals surface area contributed by atoms with Crippen LogP contribution in [0.15, 0.2) is 0 Å². The van der Waals surface area contributed by atoms with Crippen molar-refractivity contribution in [3.63, 3.8) is 0 Å². The van der Waals surface area contributed by atoms with E-state index >= 15 is 0 Å². The van der Waals surface area contributed by atoms with Crippen LogP contribution >= 0.6 is 0 Å². The molecule has 0 aromatic rings. The third-order valence-corrected chi connectivity index (χ3v) is 8.80. The molecule has 7 heteroatoms. The first-order valence-electron chi connectivity index (χ1n) is 12.8. The smallest absolute Gasteiger partial charge is 0.230 e. The van der Waals surface area contributed by atoms with Crippen LogP contribution in [0.5, 0.6) is 0 Å². The summed E-state index contributed by atoms with van der Waals surface area (Å²) < 4.78 is 17.7. The van der Waals surface area contributed by atoms with Crippen LogP contribution in [0, 0.1) is 23.7 Å². The number of nitrogens with zero attached hydrogens (tertiary/aromatic N) is 1. The molecule has 4 rings (SSSR count). The fraction of sp³-hybridized carbons (Fsp3) is 0.960. The maximum atomic E-state index is 13.7. The summed E-state index contributed by atoms with van der Waals surface area (Å²) in [5, 5.41) is 21.2. The molecule has 0 bridgehead atoms. The zero-order chi connectivity index (χ0) is 22.8. The zero-order valence-electron chi connectivity index (χ0n) is 20.0. The minimum absolute atomic E-state index is 0.0115. The lowest BCUT2D eigenvalue weighted by molar-refractivity contribution is -0.166. The first kappa shape index (κ1) is 24.4. The molecule has 3 aliphatic carbocycles. The van der Waals surface area contributed by atoms with Crippen molar-refractivity contribution in [2.75, 3.05) is 27.3 Å². The quantitative estimate of drug-likeness (QED) is 0.642. The van der Waals surface area contributed by atoms with Crippen LogP contribution in [0.2, 0.25) is 0 Å². The zero-order valence-corrected chi connectivity index (χ0v) is 20.0. The van der Waals surface area contributed by atoms with E-state index in [2.05, 4.69) is 6.92 Å². The maximum Gasteiger partial charge on any atom is 0.230 e. The van der Waals surface area contributed by atoms with E-state index in [-0.39, 0.29) is 30.6 Å². The molecular formula is C25H43NO6. The molecular weight excluding hydrogens is 410 g/mol. The van der Waals surface area contributed by atoms with Crippen molar-refractivity contribution >= 4 is 5.91 Å². The molecule has 0 aromatic carbocycles. The third-order valence-electron chi connectivity index (χ3n) is 8.80. The summed E-state index contributed by atoms with van der Waals surface area (Å²) in [4.78, 5) is 15.6. The molecule has 2 N–H and O–H groups in total. The van der Waals surface area contributed by atoms with Crippen LogP contribution in [0.4, 0.5) is 0 Å². The predicted molar refractivity (Wildman–Crippen MR) is 120 cm³/mol. The minimum atomic E-state index is -0.865. The monoisotopic (exact) mass is 453 g/mol. The Morgan fingerprint density at radius 1 is 0.875 bits per heavy atom. The number of ether oxygens (including phenoxy) is 3. The van der Waals surface area contributed by atoms with E-state index < -0.39 is 24.2 Å². The summed E-state index contributed by atoms with van der Waals surface area (Å²) in [7, 11) is 3.46. The fourth-order valence-corrected chi connectivity index (χ4v) is 6.90. The first-order valence-corrected chi connectivity index (χ1v) is 12.8. The Kier molecular flexibility index (Phi) is 8.14. The van der Waals surface area contributed by atoms with Gasteiger partial charge in [-0.25, -0.2) is 0 Å². The standard InChI is InChI=1S/C25H43NO6/c1-15(16-7-5-4-6-8-16)32-23-12-19(27)11-20(28)24(23)25(29)26-13-17-9-21(30-2)22(31-3)10-18(17)14-26/h15-24,27-28H,4-14H2,1-3H3. The number of amides is 1. The molecule has 9 unspecified atom stereocenters. The molecule has 0 spiro atoms. The van der Waals surface area contributed by atoms with E-state index in [1.807, 2.05) is 4.90 Å². The van der Waals surface area contributed by atoms with E-state index in [1.54, 1.807) is 14.2 Å². The number of methoxy groups -OCH3 is 2. The van der Waals surface area contributed by atoms with E-state index in [9.17, 15) is 15.0 Å². The Balaban J connectivity index is 1.43. The molecule has 1 saturated heterocycles. The average molecular weight is 454 g/mol. The van der Waals surface area contributed by atoms with Crippen molar-refractivity contribution in [3.05, 3.63) is 0 Å². The summed E-state index contributed by atoms with van der Waals surface area (Å²) >= 11 is 0. The van der Waals surface area contributed by atoms with Gasteiger partial charge in [0.05, 0.1) is 42.5 Å². The summed E-state index contributed by atoms with van der Waals surface area (Å²) in [6.07, 6.45) is 6.79. The van der Waals surface area contributed by atoms with Crippen LogP contribution in [-0.2, 0) is 19.0 Å². The summed E-state index contributed by atoms with van der Waals surface area (Å²) in [5.74, 6) is 0.704.